The number of benzene rings is 2. The molecular formula is C20H19ClN6O2. The van der Waals surface area contributed by atoms with Gasteiger partial charge in [-0.25, -0.2) is 14.5 Å². The summed E-state index contributed by atoms with van der Waals surface area (Å²) in [6.45, 7) is 1.11. The van der Waals surface area contributed by atoms with Gasteiger partial charge in [0, 0.05) is 17.5 Å². The third-order valence-electron chi connectivity index (χ3n) is 4.36. The molecule has 4 aromatic rings. The Morgan fingerprint density at radius 2 is 1.79 bits per heavy atom. The van der Waals surface area contributed by atoms with Crippen molar-refractivity contribution < 1.29 is 4.92 Å². The molecule has 2 aromatic carbocycles. The molecule has 1 N–H and O–H groups in total. The molecule has 29 heavy (non-hydrogen) atoms. The van der Waals surface area contributed by atoms with Gasteiger partial charge in [-0.2, -0.15) is 0 Å². The van der Waals surface area contributed by atoms with E-state index in [0.717, 1.165) is 22.3 Å². The van der Waals surface area contributed by atoms with Crippen LogP contribution in [0.15, 0.2) is 67.0 Å². The van der Waals surface area contributed by atoms with Crippen molar-refractivity contribution in [2.75, 3.05) is 11.9 Å². The summed E-state index contributed by atoms with van der Waals surface area (Å²) in [7, 11) is 0. The summed E-state index contributed by atoms with van der Waals surface area (Å²) in [5.74, 6) is 1.27. The maximum atomic E-state index is 10.9. The second-order valence-corrected chi connectivity index (χ2v) is 6.24. The van der Waals surface area contributed by atoms with Crippen molar-refractivity contribution in [1.29, 1.82) is 0 Å². The molecule has 0 aliphatic heterocycles. The monoisotopic (exact) mass is 410 g/mol. The Morgan fingerprint density at radius 1 is 1.03 bits per heavy atom. The maximum Gasteiger partial charge on any atom is 0.434 e. The number of fused-ring (bicyclic) bond motifs is 1. The SMILES string of the molecule is Cl.O=[N+]([O-])c1nccn1CCCNc1nc(-c2ccccc2)nc2ccccc12. The highest BCUT2D eigenvalue weighted by Gasteiger charge is 2.13. The van der Waals surface area contributed by atoms with E-state index in [1.165, 1.54) is 10.8 Å². The summed E-state index contributed by atoms with van der Waals surface area (Å²) in [6.07, 6.45) is 3.75. The lowest BCUT2D eigenvalue weighted by molar-refractivity contribution is -0.396. The molecule has 0 radical (unpaired) electrons. The lowest BCUT2D eigenvalue weighted by Gasteiger charge is -2.11. The van der Waals surface area contributed by atoms with Gasteiger partial charge >= 0.3 is 5.95 Å². The van der Waals surface area contributed by atoms with Gasteiger partial charge in [0.15, 0.2) is 5.82 Å². The Kier molecular flexibility index (Phi) is 6.36. The summed E-state index contributed by atoms with van der Waals surface area (Å²) in [5.41, 5.74) is 1.81. The number of rotatable bonds is 7. The van der Waals surface area contributed by atoms with E-state index in [0.29, 0.717) is 25.3 Å². The van der Waals surface area contributed by atoms with E-state index in [2.05, 4.69) is 15.3 Å². The van der Waals surface area contributed by atoms with Crippen LogP contribution in [0.1, 0.15) is 6.42 Å². The fourth-order valence-electron chi connectivity index (χ4n) is 3.03. The van der Waals surface area contributed by atoms with E-state index in [9.17, 15) is 10.1 Å². The second-order valence-electron chi connectivity index (χ2n) is 6.24. The number of hydrogen-bond donors (Lipinski definition) is 1. The lowest BCUT2D eigenvalue weighted by Crippen LogP contribution is -2.10. The Labute approximate surface area is 173 Å². The van der Waals surface area contributed by atoms with Gasteiger partial charge in [-0.3, -0.25) is 0 Å². The fourth-order valence-corrected chi connectivity index (χ4v) is 3.03. The summed E-state index contributed by atoms with van der Waals surface area (Å²) in [5, 5.41) is 15.2. The molecule has 0 spiro atoms. The number of para-hydroxylation sites is 1. The molecule has 4 rings (SSSR count). The molecule has 0 bridgehead atoms. The van der Waals surface area contributed by atoms with Crippen molar-refractivity contribution in [3.05, 3.63) is 77.1 Å². The number of anilines is 1. The van der Waals surface area contributed by atoms with E-state index in [1.807, 2.05) is 54.6 Å². The second kappa shape index (κ2) is 9.11. The number of nitro groups is 1. The first-order chi connectivity index (χ1) is 13.7. The zero-order valence-electron chi connectivity index (χ0n) is 15.4. The van der Waals surface area contributed by atoms with Crippen LogP contribution in [0.25, 0.3) is 22.3 Å². The molecule has 2 aromatic heterocycles. The number of aromatic nitrogens is 4. The molecule has 0 saturated carbocycles. The molecule has 0 aliphatic carbocycles. The molecular weight excluding hydrogens is 392 g/mol. The van der Waals surface area contributed by atoms with E-state index in [4.69, 9.17) is 4.98 Å². The van der Waals surface area contributed by atoms with Crippen molar-refractivity contribution in [3.8, 4) is 11.4 Å². The third kappa shape index (κ3) is 4.49. The number of hydrogen-bond acceptors (Lipinski definition) is 6. The zero-order chi connectivity index (χ0) is 19.3. The zero-order valence-corrected chi connectivity index (χ0v) is 16.2. The highest BCUT2D eigenvalue weighted by Crippen LogP contribution is 2.24. The van der Waals surface area contributed by atoms with Gasteiger partial charge < -0.3 is 15.4 Å². The lowest BCUT2D eigenvalue weighted by atomic mass is 10.2. The molecule has 148 valence electrons. The smallest absolute Gasteiger partial charge is 0.390 e. The average Bonchev–Trinajstić information content (AvgIpc) is 3.20. The standard InChI is InChI=1S/C20H18N6O2.ClH/c27-26(28)20-22-12-14-25(20)13-6-11-21-19-16-9-4-5-10-17(16)23-18(24-19)15-7-2-1-3-8-15;/h1-5,7-10,12,14H,6,11,13H2,(H,21,23,24);1H. The summed E-state index contributed by atoms with van der Waals surface area (Å²) in [6, 6.07) is 17.7. The molecule has 0 fully saturated rings. The topological polar surface area (TPSA) is 98.8 Å². The van der Waals surface area contributed by atoms with E-state index >= 15 is 0 Å². The Balaban J connectivity index is 0.00000240. The number of nitrogens with zero attached hydrogens (tertiary/aromatic N) is 5. The van der Waals surface area contributed by atoms with Crippen LogP contribution in [-0.4, -0.2) is 31.0 Å². The highest BCUT2D eigenvalue weighted by molar-refractivity contribution is 5.90. The first-order valence-corrected chi connectivity index (χ1v) is 8.94. The number of halogens is 1. The Bertz CT molecular complexity index is 1120. The van der Waals surface area contributed by atoms with Gasteiger partial charge in [-0.1, -0.05) is 47.4 Å². The van der Waals surface area contributed by atoms with E-state index in [-0.39, 0.29) is 18.4 Å². The van der Waals surface area contributed by atoms with Crippen LogP contribution < -0.4 is 5.32 Å². The first-order valence-electron chi connectivity index (χ1n) is 8.94. The normalized spacial score (nSPS) is 10.5. The van der Waals surface area contributed by atoms with Crippen LogP contribution in [0.5, 0.6) is 0 Å². The molecule has 2 heterocycles. The molecule has 0 aliphatic rings. The number of nitrogens with one attached hydrogen (secondary N) is 1. The van der Waals surface area contributed by atoms with Crippen molar-refractivity contribution in [2.24, 2.45) is 0 Å². The Hall–Kier alpha value is -3.52. The van der Waals surface area contributed by atoms with Crippen molar-refractivity contribution in [2.45, 2.75) is 13.0 Å². The predicted octanol–water partition coefficient (Wildman–Crippen LogP) is 4.33. The molecule has 0 atom stereocenters. The van der Waals surface area contributed by atoms with E-state index < -0.39 is 4.92 Å². The van der Waals surface area contributed by atoms with Crippen molar-refractivity contribution in [3.63, 3.8) is 0 Å². The molecule has 0 unspecified atom stereocenters. The minimum atomic E-state index is -0.475. The molecule has 9 heteroatoms. The summed E-state index contributed by atoms with van der Waals surface area (Å²) < 4.78 is 1.54. The van der Waals surface area contributed by atoms with Gasteiger partial charge in [0.05, 0.1) is 12.1 Å². The van der Waals surface area contributed by atoms with Crippen LogP contribution in [-0.2, 0) is 6.54 Å². The minimum absolute atomic E-state index is 0. The largest absolute Gasteiger partial charge is 0.434 e. The minimum Gasteiger partial charge on any atom is -0.390 e. The first kappa shape index (κ1) is 20.2. The highest BCUT2D eigenvalue weighted by atomic mass is 35.5. The van der Waals surface area contributed by atoms with Gasteiger partial charge in [0.25, 0.3) is 0 Å². The summed E-state index contributed by atoms with van der Waals surface area (Å²) in [4.78, 5) is 23.6. The number of aryl methyl sites for hydroxylation is 1. The fraction of sp³-hybridized carbons (Fsp3) is 0.150. The predicted molar refractivity (Wildman–Crippen MR) is 114 cm³/mol. The quantitative estimate of drug-likeness (QED) is 0.276. The van der Waals surface area contributed by atoms with Crippen LogP contribution in [0.4, 0.5) is 11.8 Å². The molecule has 0 amide bonds. The van der Waals surface area contributed by atoms with Crippen LogP contribution in [0.3, 0.4) is 0 Å². The summed E-state index contributed by atoms with van der Waals surface area (Å²) >= 11 is 0. The molecule has 8 nitrogen and oxygen atoms in total. The van der Waals surface area contributed by atoms with Crippen molar-refractivity contribution >= 4 is 35.1 Å². The molecule has 0 saturated heterocycles. The van der Waals surface area contributed by atoms with Gasteiger partial charge in [0.1, 0.15) is 18.2 Å². The third-order valence-corrected chi connectivity index (χ3v) is 4.36. The van der Waals surface area contributed by atoms with Gasteiger partial charge in [-0.05, 0) is 23.5 Å². The van der Waals surface area contributed by atoms with Gasteiger partial charge in [-0.15, -0.1) is 12.4 Å². The Morgan fingerprint density at radius 3 is 2.59 bits per heavy atom. The van der Waals surface area contributed by atoms with Crippen LogP contribution in [0, 0.1) is 10.1 Å². The number of imidazole rings is 1. The van der Waals surface area contributed by atoms with Crippen LogP contribution >= 0.6 is 12.4 Å². The maximum absolute atomic E-state index is 10.9. The van der Waals surface area contributed by atoms with Gasteiger partial charge in [0.2, 0.25) is 0 Å². The van der Waals surface area contributed by atoms with Crippen LogP contribution in [0.2, 0.25) is 0 Å². The van der Waals surface area contributed by atoms with E-state index in [1.54, 1.807) is 6.20 Å². The average molecular weight is 411 g/mol. The van der Waals surface area contributed by atoms with Crippen molar-refractivity contribution in [1.82, 2.24) is 19.5 Å².